The fourth-order valence-electron chi connectivity index (χ4n) is 1.57. The lowest BCUT2D eigenvalue weighted by molar-refractivity contribution is -0.118. The molecule has 4 nitrogen and oxygen atoms in total. The first-order chi connectivity index (χ1) is 9.79. The Balaban J connectivity index is 1.82. The van der Waals surface area contributed by atoms with E-state index in [2.05, 4.69) is 16.4 Å². The van der Waals surface area contributed by atoms with Crippen molar-refractivity contribution in [1.82, 2.24) is 10.3 Å². The highest BCUT2D eigenvalue weighted by molar-refractivity contribution is 7.99. The molecular formula is C15H13N3OS. The number of nitrogens with one attached hydrogen (secondary N) is 1. The van der Waals surface area contributed by atoms with Crippen LogP contribution in [0.4, 0.5) is 0 Å². The molecule has 0 saturated carbocycles. The summed E-state index contributed by atoms with van der Waals surface area (Å²) in [5.74, 6) is 0.173. The molecule has 0 fully saturated rings. The number of nitriles is 1. The zero-order chi connectivity index (χ0) is 14.2. The van der Waals surface area contributed by atoms with E-state index in [1.54, 1.807) is 18.3 Å². The molecule has 1 amide bonds. The lowest BCUT2D eigenvalue weighted by Gasteiger charge is -2.05. The van der Waals surface area contributed by atoms with Crippen LogP contribution in [0.1, 0.15) is 11.1 Å². The zero-order valence-corrected chi connectivity index (χ0v) is 11.6. The highest BCUT2D eigenvalue weighted by Gasteiger charge is 2.07. The summed E-state index contributed by atoms with van der Waals surface area (Å²) in [4.78, 5) is 15.8. The van der Waals surface area contributed by atoms with Gasteiger partial charge in [-0.25, -0.2) is 4.98 Å². The molecule has 0 unspecified atom stereocenters. The van der Waals surface area contributed by atoms with Crippen LogP contribution in [0.15, 0.2) is 53.7 Å². The first kappa shape index (κ1) is 14.1. The van der Waals surface area contributed by atoms with Crippen LogP contribution < -0.4 is 5.32 Å². The maximum absolute atomic E-state index is 11.7. The van der Waals surface area contributed by atoms with Gasteiger partial charge in [0.15, 0.2) is 0 Å². The van der Waals surface area contributed by atoms with E-state index in [0.29, 0.717) is 17.1 Å². The van der Waals surface area contributed by atoms with Crippen molar-refractivity contribution in [2.45, 2.75) is 11.6 Å². The van der Waals surface area contributed by atoms with Gasteiger partial charge in [0.25, 0.3) is 0 Å². The van der Waals surface area contributed by atoms with Gasteiger partial charge in [-0.2, -0.15) is 5.26 Å². The van der Waals surface area contributed by atoms with Gasteiger partial charge in [0.05, 0.1) is 11.3 Å². The number of hydrogen-bond acceptors (Lipinski definition) is 4. The molecule has 1 aromatic carbocycles. The smallest absolute Gasteiger partial charge is 0.230 e. The lowest BCUT2D eigenvalue weighted by atomic mass is 10.2. The Morgan fingerprint density at radius 3 is 2.80 bits per heavy atom. The predicted molar refractivity (Wildman–Crippen MR) is 78.0 cm³/mol. The molecule has 5 heteroatoms. The Hall–Kier alpha value is -2.32. The third-order valence-corrected chi connectivity index (χ3v) is 3.57. The number of pyridine rings is 1. The number of hydrogen-bond donors (Lipinski definition) is 1. The second kappa shape index (κ2) is 7.31. The van der Waals surface area contributed by atoms with Crippen LogP contribution in [-0.2, 0) is 11.3 Å². The number of benzene rings is 1. The molecule has 20 heavy (non-hydrogen) atoms. The molecule has 2 rings (SSSR count). The van der Waals surface area contributed by atoms with E-state index in [1.807, 2.05) is 30.3 Å². The molecule has 0 saturated heterocycles. The van der Waals surface area contributed by atoms with Crippen LogP contribution in [0.25, 0.3) is 0 Å². The molecule has 1 aromatic heterocycles. The van der Waals surface area contributed by atoms with Crippen LogP contribution >= 0.6 is 11.8 Å². The van der Waals surface area contributed by atoms with E-state index in [4.69, 9.17) is 5.26 Å². The Bertz CT molecular complexity index is 623. The van der Waals surface area contributed by atoms with E-state index < -0.39 is 0 Å². The van der Waals surface area contributed by atoms with Crippen LogP contribution in [0.2, 0.25) is 0 Å². The molecule has 0 aliphatic carbocycles. The van der Waals surface area contributed by atoms with Crippen LogP contribution in [0.3, 0.4) is 0 Å². The minimum atomic E-state index is -0.0756. The highest BCUT2D eigenvalue weighted by Crippen LogP contribution is 2.18. The number of nitrogens with zero attached hydrogens (tertiary/aromatic N) is 2. The largest absolute Gasteiger partial charge is 0.351 e. The van der Waals surface area contributed by atoms with E-state index in [1.165, 1.54) is 11.8 Å². The third kappa shape index (κ3) is 4.11. The number of rotatable bonds is 5. The Kier molecular flexibility index (Phi) is 5.15. The molecule has 0 aliphatic rings. The average molecular weight is 283 g/mol. The van der Waals surface area contributed by atoms with Gasteiger partial charge < -0.3 is 5.32 Å². The Morgan fingerprint density at radius 1 is 1.25 bits per heavy atom. The summed E-state index contributed by atoms with van der Waals surface area (Å²) in [6.07, 6.45) is 1.62. The molecule has 0 aliphatic heterocycles. The second-order valence-corrected chi connectivity index (χ2v) is 4.98. The lowest BCUT2D eigenvalue weighted by Crippen LogP contribution is -2.24. The van der Waals surface area contributed by atoms with Crippen molar-refractivity contribution in [2.75, 3.05) is 5.75 Å². The SMILES string of the molecule is N#Cc1cccnc1SCC(=O)NCc1ccccc1. The van der Waals surface area contributed by atoms with E-state index in [0.717, 1.165) is 5.56 Å². The minimum Gasteiger partial charge on any atom is -0.351 e. The van der Waals surface area contributed by atoms with Crippen molar-refractivity contribution in [2.24, 2.45) is 0 Å². The molecule has 100 valence electrons. The molecular weight excluding hydrogens is 270 g/mol. The van der Waals surface area contributed by atoms with Crippen LogP contribution in [0, 0.1) is 11.3 Å². The van der Waals surface area contributed by atoms with Gasteiger partial charge in [-0.05, 0) is 17.7 Å². The molecule has 2 aromatic rings. The van der Waals surface area contributed by atoms with Gasteiger partial charge in [0.2, 0.25) is 5.91 Å². The van der Waals surface area contributed by atoms with Gasteiger partial charge in [-0.15, -0.1) is 0 Å². The summed E-state index contributed by atoms with van der Waals surface area (Å²) in [6.45, 7) is 0.507. The van der Waals surface area contributed by atoms with E-state index >= 15 is 0 Å². The maximum atomic E-state index is 11.7. The third-order valence-electron chi connectivity index (χ3n) is 2.56. The molecule has 0 radical (unpaired) electrons. The number of carbonyl (C=O) groups excluding carboxylic acids is 1. The Morgan fingerprint density at radius 2 is 2.05 bits per heavy atom. The summed E-state index contributed by atoms with van der Waals surface area (Å²) >= 11 is 1.27. The van der Waals surface area contributed by atoms with Gasteiger partial charge in [0.1, 0.15) is 11.1 Å². The summed E-state index contributed by atoms with van der Waals surface area (Å²) in [5, 5.41) is 12.4. The standard InChI is InChI=1S/C15H13N3OS/c16-9-13-7-4-8-17-15(13)20-11-14(19)18-10-12-5-2-1-3-6-12/h1-8H,10-11H2,(H,18,19). The molecule has 1 heterocycles. The van der Waals surface area contributed by atoms with Crippen LogP contribution in [0.5, 0.6) is 0 Å². The molecule has 0 spiro atoms. The van der Waals surface area contributed by atoms with E-state index in [-0.39, 0.29) is 11.7 Å². The van der Waals surface area contributed by atoms with E-state index in [9.17, 15) is 4.79 Å². The molecule has 1 N–H and O–H groups in total. The second-order valence-electron chi connectivity index (χ2n) is 4.02. The number of amides is 1. The summed E-state index contributed by atoms with van der Waals surface area (Å²) in [7, 11) is 0. The quantitative estimate of drug-likeness (QED) is 0.855. The van der Waals surface area contributed by atoms with Gasteiger partial charge >= 0.3 is 0 Å². The fraction of sp³-hybridized carbons (Fsp3) is 0.133. The van der Waals surface area contributed by atoms with Crippen molar-refractivity contribution in [3.05, 3.63) is 59.8 Å². The number of thioether (sulfide) groups is 1. The first-order valence-corrected chi connectivity index (χ1v) is 7.06. The highest BCUT2D eigenvalue weighted by atomic mass is 32.2. The molecule has 0 atom stereocenters. The summed E-state index contributed by atoms with van der Waals surface area (Å²) < 4.78 is 0. The van der Waals surface area contributed by atoms with Gasteiger partial charge in [-0.1, -0.05) is 42.1 Å². The van der Waals surface area contributed by atoms with Gasteiger partial charge in [-0.3, -0.25) is 4.79 Å². The first-order valence-electron chi connectivity index (χ1n) is 6.08. The monoisotopic (exact) mass is 283 g/mol. The molecule has 0 bridgehead atoms. The van der Waals surface area contributed by atoms with Crippen molar-refractivity contribution in [1.29, 1.82) is 5.26 Å². The van der Waals surface area contributed by atoms with Crippen molar-refractivity contribution in [3.8, 4) is 6.07 Å². The average Bonchev–Trinajstić information content (AvgIpc) is 2.52. The fourth-order valence-corrected chi connectivity index (χ4v) is 2.35. The van der Waals surface area contributed by atoms with Gasteiger partial charge in [0, 0.05) is 12.7 Å². The van der Waals surface area contributed by atoms with Crippen molar-refractivity contribution >= 4 is 17.7 Å². The minimum absolute atomic E-state index is 0.0756. The Labute approximate surface area is 121 Å². The van der Waals surface area contributed by atoms with Crippen molar-refractivity contribution < 1.29 is 4.79 Å². The van der Waals surface area contributed by atoms with Crippen LogP contribution in [-0.4, -0.2) is 16.6 Å². The summed E-state index contributed by atoms with van der Waals surface area (Å²) in [6, 6.07) is 15.2. The predicted octanol–water partition coefficient (Wildman–Crippen LogP) is 2.36. The topological polar surface area (TPSA) is 65.8 Å². The number of carbonyl (C=O) groups is 1. The zero-order valence-electron chi connectivity index (χ0n) is 10.7. The number of aromatic nitrogens is 1. The van der Waals surface area contributed by atoms with Crippen molar-refractivity contribution in [3.63, 3.8) is 0 Å². The maximum Gasteiger partial charge on any atom is 0.230 e. The summed E-state index contributed by atoms with van der Waals surface area (Å²) in [5.41, 5.74) is 1.55. The normalized spacial score (nSPS) is 9.75.